The molecular formula is C15H17F3N6. The van der Waals surface area contributed by atoms with E-state index >= 15 is 0 Å². The Morgan fingerprint density at radius 1 is 1.25 bits per heavy atom. The van der Waals surface area contributed by atoms with Gasteiger partial charge in [-0.15, -0.1) is 0 Å². The summed E-state index contributed by atoms with van der Waals surface area (Å²) in [6, 6.07) is 0.919. The van der Waals surface area contributed by atoms with Crippen LogP contribution in [0.25, 0.3) is 0 Å². The van der Waals surface area contributed by atoms with Crippen molar-refractivity contribution < 1.29 is 13.2 Å². The van der Waals surface area contributed by atoms with E-state index in [1.165, 1.54) is 0 Å². The molecule has 3 rings (SSSR count). The first-order valence-electron chi connectivity index (χ1n) is 7.61. The van der Waals surface area contributed by atoms with Crippen molar-refractivity contribution in [3.63, 3.8) is 0 Å². The second-order valence-corrected chi connectivity index (χ2v) is 5.73. The average Bonchev–Trinajstić information content (AvgIpc) is 2.55. The minimum absolute atomic E-state index is 0.0166. The smallest absolute Gasteiger partial charge is 0.365 e. The van der Waals surface area contributed by atoms with Crippen LogP contribution in [0.1, 0.15) is 24.2 Å². The molecule has 128 valence electrons. The van der Waals surface area contributed by atoms with Crippen molar-refractivity contribution in [1.82, 2.24) is 19.9 Å². The molecule has 1 aliphatic heterocycles. The van der Waals surface area contributed by atoms with E-state index in [1.54, 1.807) is 12.4 Å². The summed E-state index contributed by atoms with van der Waals surface area (Å²) in [4.78, 5) is 17.8. The molecule has 0 aromatic carbocycles. The molecule has 0 saturated carbocycles. The summed E-state index contributed by atoms with van der Waals surface area (Å²) in [5, 5.41) is 3.07. The molecule has 3 heterocycles. The molecule has 0 radical (unpaired) electrons. The topological polar surface area (TPSA) is 66.8 Å². The van der Waals surface area contributed by atoms with Gasteiger partial charge in [0.05, 0.1) is 11.9 Å². The first-order valence-corrected chi connectivity index (χ1v) is 7.61. The summed E-state index contributed by atoms with van der Waals surface area (Å²) in [5.74, 6) is 0.958. The normalized spacial score (nSPS) is 18.5. The number of rotatable bonds is 3. The second kappa shape index (κ2) is 6.58. The maximum absolute atomic E-state index is 12.7. The first-order chi connectivity index (χ1) is 11.4. The van der Waals surface area contributed by atoms with Crippen molar-refractivity contribution in [1.29, 1.82) is 0 Å². The molecule has 0 bridgehead atoms. The van der Waals surface area contributed by atoms with Crippen molar-refractivity contribution in [3.8, 4) is 0 Å². The maximum atomic E-state index is 12.7. The van der Waals surface area contributed by atoms with E-state index < -0.39 is 11.9 Å². The Morgan fingerprint density at radius 3 is 2.83 bits per heavy atom. The van der Waals surface area contributed by atoms with Gasteiger partial charge < -0.3 is 10.2 Å². The number of anilines is 2. The number of hydrogen-bond acceptors (Lipinski definition) is 6. The van der Waals surface area contributed by atoms with Crippen LogP contribution in [0.15, 0.2) is 24.8 Å². The highest BCUT2D eigenvalue weighted by Gasteiger charge is 2.33. The summed E-state index contributed by atoms with van der Waals surface area (Å²) in [7, 11) is 0. The van der Waals surface area contributed by atoms with Crippen LogP contribution in [0.3, 0.4) is 0 Å². The standard InChI is InChI=1S/C15H17F3N6/c1-10-6-19-7-14(22-10)24-4-2-3-11(8-24)23-13-5-12(15(16,17)18)20-9-21-13/h5-7,9,11H,2-4,8H2,1H3,(H,20,21,23). The molecule has 24 heavy (non-hydrogen) atoms. The second-order valence-electron chi connectivity index (χ2n) is 5.73. The van der Waals surface area contributed by atoms with E-state index in [0.717, 1.165) is 43.3 Å². The zero-order valence-electron chi connectivity index (χ0n) is 13.1. The monoisotopic (exact) mass is 338 g/mol. The number of alkyl halides is 3. The van der Waals surface area contributed by atoms with E-state index in [1.807, 2.05) is 6.92 Å². The van der Waals surface area contributed by atoms with Crippen LogP contribution in [0.2, 0.25) is 0 Å². The summed E-state index contributed by atoms with van der Waals surface area (Å²) < 4.78 is 38.2. The van der Waals surface area contributed by atoms with Gasteiger partial charge in [0.25, 0.3) is 0 Å². The lowest BCUT2D eigenvalue weighted by Gasteiger charge is -2.34. The van der Waals surface area contributed by atoms with Gasteiger partial charge in [0.15, 0.2) is 0 Å². The zero-order valence-corrected chi connectivity index (χ0v) is 13.1. The highest BCUT2D eigenvalue weighted by Crippen LogP contribution is 2.28. The van der Waals surface area contributed by atoms with Gasteiger partial charge in [0, 0.05) is 31.4 Å². The molecular weight excluding hydrogens is 321 g/mol. The molecule has 0 aliphatic carbocycles. The Hall–Kier alpha value is -2.45. The predicted molar refractivity (Wildman–Crippen MR) is 82.7 cm³/mol. The molecule has 1 aliphatic rings. The average molecular weight is 338 g/mol. The highest BCUT2D eigenvalue weighted by atomic mass is 19.4. The van der Waals surface area contributed by atoms with Crippen molar-refractivity contribution in [2.24, 2.45) is 0 Å². The SMILES string of the molecule is Cc1cncc(N2CCCC(Nc3cc(C(F)(F)F)ncn3)C2)n1. The fraction of sp³-hybridized carbons (Fsp3) is 0.467. The number of halogens is 3. The molecule has 2 aromatic heterocycles. The number of nitrogens with one attached hydrogen (secondary N) is 1. The fourth-order valence-corrected chi connectivity index (χ4v) is 2.71. The lowest BCUT2D eigenvalue weighted by molar-refractivity contribution is -0.141. The largest absolute Gasteiger partial charge is 0.433 e. The molecule has 1 N–H and O–H groups in total. The lowest BCUT2D eigenvalue weighted by atomic mass is 10.1. The minimum Gasteiger partial charge on any atom is -0.365 e. The van der Waals surface area contributed by atoms with Crippen LogP contribution >= 0.6 is 0 Å². The molecule has 6 nitrogen and oxygen atoms in total. The third kappa shape index (κ3) is 3.90. The van der Waals surface area contributed by atoms with Crippen LogP contribution < -0.4 is 10.2 Å². The van der Waals surface area contributed by atoms with E-state index in [-0.39, 0.29) is 11.9 Å². The molecule has 1 atom stereocenters. The van der Waals surface area contributed by atoms with Gasteiger partial charge in [-0.3, -0.25) is 4.98 Å². The first kappa shape index (κ1) is 16.4. The van der Waals surface area contributed by atoms with Gasteiger partial charge in [-0.05, 0) is 19.8 Å². The summed E-state index contributed by atoms with van der Waals surface area (Å²) in [5.41, 5.74) is -0.120. The Kier molecular flexibility index (Phi) is 4.50. The molecule has 0 spiro atoms. The molecule has 1 unspecified atom stereocenters. The van der Waals surface area contributed by atoms with E-state index in [4.69, 9.17) is 0 Å². The van der Waals surface area contributed by atoms with Crippen molar-refractivity contribution in [2.45, 2.75) is 32.0 Å². The summed E-state index contributed by atoms with van der Waals surface area (Å²) in [6.07, 6.45) is 1.59. The van der Waals surface area contributed by atoms with Crippen molar-refractivity contribution >= 4 is 11.6 Å². The van der Waals surface area contributed by atoms with Gasteiger partial charge in [-0.25, -0.2) is 15.0 Å². The van der Waals surface area contributed by atoms with Gasteiger partial charge in [0.2, 0.25) is 0 Å². The molecule has 9 heteroatoms. The number of nitrogens with zero attached hydrogens (tertiary/aromatic N) is 5. The number of piperidine rings is 1. The quantitative estimate of drug-likeness (QED) is 0.928. The number of aromatic nitrogens is 4. The van der Waals surface area contributed by atoms with Crippen molar-refractivity contribution in [2.75, 3.05) is 23.3 Å². The van der Waals surface area contributed by atoms with Gasteiger partial charge in [-0.2, -0.15) is 13.2 Å². The minimum atomic E-state index is -4.48. The van der Waals surface area contributed by atoms with E-state index in [2.05, 4.69) is 30.2 Å². The van der Waals surface area contributed by atoms with Crippen LogP contribution in [0.4, 0.5) is 24.8 Å². The Bertz CT molecular complexity index is 706. The number of aryl methyl sites for hydroxylation is 1. The van der Waals surface area contributed by atoms with Crippen LogP contribution in [0.5, 0.6) is 0 Å². The van der Waals surface area contributed by atoms with E-state index in [9.17, 15) is 13.2 Å². The van der Waals surface area contributed by atoms with Gasteiger partial charge in [0.1, 0.15) is 23.7 Å². The maximum Gasteiger partial charge on any atom is 0.433 e. The van der Waals surface area contributed by atoms with E-state index in [0.29, 0.717) is 6.54 Å². The van der Waals surface area contributed by atoms with Crippen molar-refractivity contribution in [3.05, 3.63) is 36.2 Å². The predicted octanol–water partition coefficient (Wildman–Crippen LogP) is 2.67. The summed E-state index contributed by atoms with van der Waals surface area (Å²) in [6.45, 7) is 3.34. The fourth-order valence-electron chi connectivity index (χ4n) is 2.71. The zero-order chi connectivity index (χ0) is 17.2. The Morgan fingerprint density at radius 2 is 2.08 bits per heavy atom. The molecule has 2 aromatic rings. The highest BCUT2D eigenvalue weighted by molar-refractivity contribution is 5.41. The third-order valence-corrected chi connectivity index (χ3v) is 3.80. The van der Waals surface area contributed by atoms with Gasteiger partial charge in [-0.1, -0.05) is 0 Å². The Balaban J connectivity index is 1.70. The molecule has 0 amide bonds. The lowest BCUT2D eigenvalue weighted by Crippen LogP contribution is -2.42. The third-order valence-electron chi connectivity index (χ3n) is 3.80. The number of hydrogen-bond donors (Lipinski definition) is 1. The van der Waals surface area contributed by atoms with Crippen LogP contribution in [-0.2, 0) is 6.18 Å². The molecule has 1 fully saturated rings. The van der Waals surface area contributed by atoms with Gasteiger partial charge >= 0.3 is 6.18 Å². The van der Waals surface area contributed by atoms with Crippen LogP contribution in [0, 0.1) is 6.92 Å². The van der Waals surface area contributed by atoms with Crippen LogP contribution in [-0.4, -0.2) is 39.1 Å². The summed E-state index contributed by atoms with van der Waals surface area (Å²) >= 11 is 0. The molecule has 1 saturated heterocycles. The Labute approximate surface area is 137 Å².